The molecule has 2 aromatic rings. The lowest BCUT2D eigenvalue weighted by Crippen LogP contribution is -2.63. The van der Waals surface area contributed by atoms with E-state index in [4.69, 9.17) is 10.5 Å². The first-order chi connectivity index (χ1) is 22.2. The maximum absolute atomic E-state index is 13.6. The topological polar surface area (TPSA) is 168 Å². The van der Waals surface area contributed by atoms with E-state index >= 15 is 0 Å². The van der Waals surface area contributed by atoms with Gasteiger partial charge in [-0.25, -0.2) is 9.59 Å². The number of unbranched alkanes of at least 4 members (excludes halogenated alkanes) is 1. The average molecular weight is 699 g/mol. The molecule has 0 aliphatic carbocycles. The first kappa shape index (κ1) is 40.0. The zero-order valence-corrected chi connectivity index (χ0v) is 27.6. The van der Waals surface area contributed by atoms with Crippen LogP contribution in [-0.4, -0.2) is 76.5 Å². The maximum Gasteiger partial charge on any atom is 0.416 e. The van der Waals surface area contributed by atoms with Crippen LogP contribution in [0.3, 0.4) is 0 Å². The monoisotopic (exact) mass is 698 g/mol. The molecule has 0 spiro atoms. The van der Waals surface area contributed by atoms with Crippen LogP contribution >= 0.6 is 12.4 Å². The van der Waals surface area contributed by atoms with Gasteiger partial charge in [0.25, 0.3) is 0 Å². The average Bonchev–Trinajstić information content (AvgIpc) is 3.54. The molecule has 1 unspecified atom stereocenters. The van der Waals surface area contributed by atoms with Gasteiger partial charge < -0.3 is 31.1 Å². The molecule has 0 aromatic heterocycles. The minimum absolute atomic E-state index is 0. The van der Waals surface area contributed by atoms with Gasteiger partial charge in [0.05, 0.1) is 23.8 Å². The van der Waals surface area contributed by atoms with E-state index in [1.807, 2.05) is 0 Å². The summed E-state index contributed by atoms with van der Waals surface area (Å²) in [5.74, 6) is -3.73. The van der Waals surface area contributed by atoms with E-state index < -0.39 is 65.1 Å². The normalized spacial score (nSPS) is 16.9. The van der Waals surface area contributed by atoms with Crippen molar-refractivity contribution in [3.8, 4) is 0 Å². The number of halogens is 4. The number of nitrogens with zero attached hydrogens (tertiary/aromatic N) is 1. The Labute approximate surface area is 283 Å². The lowest BCUT2D eigenvalue weighted by atomic mass is 9.94. The molecule has 11 nitrogen and oxygen atoms in total. The SMILES string of the molecule is CC[C@](C)(NC(=O)[C@@H](N)CCCCOC(=O)c1ccccc1)C(=O)NC(Cc1ccc(C(F)(F)F)cc1)C(=O)N1CCC[C@@H]1C(=O)O.Cl. The Bertz CT molecular complexity index is 1410. The molecule has 5 N–H and O–H groups in total. The van der Waals surface area contributed by atoms with Crippen LogP contribution in [0.5, 0.6) is 0 Å². The molecule has 1 saturated heterocycles. The van der Waals surface area contributed by atoms with Crippen molar-refractivity contribution < 1.29 is 47.0 Å². The van der Waals surface area contributed by atoms with Crippen molar-refractivity contribution in [3.63, 3.8) is 0 Å². The van der Waals surface area contributed by atoms with E-state index in [-0.39, 0.29) is 51.2 Å². The zero-order chi connectivity index (χ0) is 34.8. The molecule has 1 aliphatic heterocycles. The molecule has 15 heteroatoms. The number of benzene rings is 2. The van der Waals surface area contributed by atoms with Crippen molar-refractivity contribution in [1.29, 1.82) is 0 Å². The highest BCUT2D eigenvalue weighted by Gasteiger charge is 2.41. The number of likely N-dealkylation sites (tertiary alicyclic amines) is 1. The van der Waals surface area contributed by atoms with Crippen LogP contribution in [0.15, 0.2) is 54.6 Å². The highest BCUT2D eigenvalue weighted by atomic mass is 35.5. The number of alkyl halides is 3. The van der Waals surface area contributed by atoms with Crippen molar-refractivity contribution in [1.82, 2.24) is 15.5 Å². The van der Waals surface area contributed by atoms with Crippen LogP contribution in [0.4, 0.5) is 13.2 Å². The first-order valence-electron chi connectivity index (χ1n) is 15.5. The molecule has 1 fully saturated rings. The third-order valence-corrected chi connectivity index (χ3v) is 8.24. The molecule has 1 heterocycles. The Hall–Kier alpha value is -4.17. The molecule has 4 atom stereocenters. The molecule has 48 heavy (non-hydrogen) atoms. The number of carboxylic acid groups (broad SMARTS) is 1. The highest BCUT2D eigenvalue weighted by molar-refractivity contribution is 5.96. The Morgan fingerprint density at radius 1 is 1.04 bits per heavy atom. The Morgan fingerprint density at radius 3 is 2.27 bits per heavy atom. The first-order valence-corrected chi connectivity index (χ1v) is 15.5. The number of ether oxygens (including phenoxy) is 1. The minimum atomic E-state index is -4.57. The number of hydrogen-bond acceptors (Lipinski definition) is 7. The van der Waals surface area contributed by atoms with Crippen LogP contribution in [0.2, 0.25) is 0 Å². The largest absolute Gasteiger partial charge is 0.480 e. The van der Waals surface area contributed by atoms with Crippen LogP contribution in [0, 0.1) is 0 Å². The fourth-order valence-electron chi connectivity index (χ4n) is 5.16. The second kappa shape index (κ2) is 17.8. The predicted octanol–water partition coefficient (Wildman–Crippen LogP) is 3.87. The second-order valence-electron chi connectivity index (χ2n) is 11.7. The van der Waals surface area contributed by atoms with Crippen LogP contribution in [0.1, 0.15) is 73.9 Å². The predicted molar refractivity (Wildman–Crippen MR) is 172 cm³/mol. The van der Waals surface area contributed by atoms with E-state index in [0.29, 0.717) is 30.4 Å². The molecule has 1 aliphatic rings. The summed E-state index contributed by atoms with van der Waals surface area (Å²) in [6, 6.07) is 9.17. The van der Waals surface area contributed by atoms with Gasteiger partial charge in [0.15, 0.2) is 0 Å². The quantitative estimate of drug-likeness (QED) is 0.161. The molecule has 0 radical (unpaired) electrons. The van der Waals surface area contributed by atoms with Crippen molar-refractivity contribution >= 4 is 42.1 Å². The summed E-state index contributed by atoms with van der Waals surface area (Å²) in [6.45, 7) is 3.36. The minimum Gasteiger partial charge on any atom is -0.480 e. The number of amides is 3. The van der Waals surface area contributed by atoms with Crippen LogP contribution < -0.4 is 16.4 Å². The molecule has 2 aromatic carbocycles. The lowest BCUT2D eigenvalue weighted by Gasteiger charge is -2.33. The molecule has 3 rings (SSSR count). The van der Waals surface area contributed by atoms with Crippen molar-refractivity contribution in [2.45, 2.75) is 88.6 Å². The lowest BCUT2D eigenvalue weighted by molar-refractivity contribution is -0.149. The van der Waals surface area contributed by atoms with E-state index in [1.54, 1.807) is 37.3 Å². The summed E-state index contributed by atoms with van der Waals surface area (Å²) >= 11 is 0. The van der Waals surface area contributed by atoms with Gasteiger partial charge in [-0.2, -0.15) is 13.2 Å². The van der Waals surface area contributed by atoms with Gasteiger partial charge in [0, 0.05) is 13.0 Å². The van der Waals surface area contributed by atoms with E-state index in [0.717, 1.165) is 17.0 Å². The third-order valence-electron chi connectivity index (χ3n) is 8.24. The van der Waals surface area contributed by atoms with Crippen molar-refractivity contribution in [2.24, 2.45) is 5.73 Å². The molecule has 264 valence electrons. The zero-order valence-electron chi connectivity index (χ0n) is 26.8. The fraction of sp³-hybridized carbons (Fsp3) is 0.485. The van der Waals surface area contributed by atoms with Gasteiger partial charge >= 0.3 is 18.1 Å². The summed E-state index contributed by atoms with van der Waals surface area (Å²) in [5, 5.41) is 14.9. The third kappa shape index (κ3) is 10.9. The van der Waals surface area contributed by atoms with Gasteiger partial charge in [-0.15, -0.1) is 12.4 Å². The summed E-state index contributed by atoms with van der Waals surface area (Å²) in [6.07, 6.45) is -2.90. The number of aliphatic carboxylic acids is 1. The summed E-state index contributed by atoms with van der Waals surface area (Å²) in [4.78, 5) is 65.2. The number of esters is 1. The number of nitrogens with two attached hydrogens (primary N) is 1. The molecular weight excluding hydrogens is 657 g/mol. The summed E-state index contributed by atoms with van der Waals surface area (Å²) in [5.41, 5.74) is 4.40. The number of carboxylic acids is 1. The number of carbonyl (C=O) groups excluding carboxylic acids is 4. The fourth-order valence-corrected chi connectivity index (χ4v) is 5.16. The Kier molecular flexibility index (Phi) is 14.9. The van der Waals surface area contributed by atoms with Crippen molar-refractivity contribution in [2.75, 3.05) is 13.2 Å². The molecular formula is C33H42ClF3N4O7. The highest BCUT2D eigenvalue weighted by Crippen LogP contribution is 2.29. The summed E-state index contributed by atoms with van der Waals surface area (Å²) in [7, 11) is 0. The van der Waals surface area contributed by atoms with Gasteiger partial charge in [-0.3, -0.25) is 14.4 Å². The number of carbonyl (C=O) groups is 5. The second-order valence-corrected chi connectivity index (χ2v) is 11.7. The van der Waals surface area contributed by atoms with Gasteiger partial charge in [0.1, 0.15) is 17.6 Å². The van der Waals surface area contributed by atoms with Gasteiger partial charge in [-0.1, -0.05) is 37.3 Å². The molecule has 3 amide bonds. The van der Waals surface area contributed by atoms with Crippen molar-refractivity contribution in [3.05, 3.63) is 71.3 Å². The Morgan fingerprint density at radius 2 is 1.69 bits per heavy atom. The summed E-state index contributed by atoms with van der Waals surface area (Å²) < 4.78 is 44.5. The molecule has 0 saturated carbocycles. The van der Waals surface area contributed by atoms with Gasteiger partial charge in [-0.05, 0) is 75.3 Å². The number of rotatable bonds is 15. The standard InChI is InChI=1S/C33H41F3N4O7.ClH/c1-3-32(2,39-27(41)24(37)12-7-8-19-47-30(45)22-10-5-4-6-11-22)31(46)38-25(28(42)40-18-9-13-26(40)29(43)44)20-21-14-16-23(17-15-21)33(34,35)36;/h4-6,10-11,14-17,24-26H,3,7-9,12-13,18-20,37H2,1-2H3,(H,38,46)(H,39,41)(H,43,44);1H/t24-,25?,26+,32-;/m0./s1. The maximum atomic E-state index is 13.6. The van der Waals surface area contributed by atoms with E-state index in [1.165, 1.54) is 19.1 Å². The van der Waals surface area contributed by atoms with Crippen LogP contribution in [0.25, 0.3) is 0 Å². The van der Waals surface area contributed by atoms with Crippen LogP contribution in [-0.2, 0) is 36.5 Å². The number of nitrogens with one attached hydrogen (secondary N) is 2. The van der Waals surface area contributed by atoms with E-state index in [2.05, 4.69) is 10.6 Å². The number of hydrogen-bond donors (Lipinski definition) is 4. The molecule has 0 bridgehead atoms. The van der Waals surface area contributed by atoms with Gasteiger partial charge in [0.2, 0.25) is 17.7 Å². The smallest absolute Gasteiger partial charge is 0.416 e. The van der Waals surface area contributed by atoms with E-state index in [9.17, 15) is 42.3 Å². The Balaban J connectivity index is 0.00000800.